The van der Waals surface area contributed by atoms with Crippen LogP contribution in [-0.4, -0.2) is 40.3 Å². The molecule has 1 aromatic carbocycles. The number of ether oxygens (including phenoxy) is 2. The van der Waals surface area contributed by atoms with Crippen LogP contribution < -0.4 is 14.8 Å². The molecule has 0 radical (unpaired) electrons. The van der Waals surface area contributed by atoms with Gasteiger partial charge in [-0.1, -0.05) is 12.1 Å². The summed E-state index contributed by atoms with van der Waals surface area (Å²) in [6.45, 7) is 0.977. The smallest absolute Gasteiger partial charge is 0.252 e. The maximum atomic E-state index is 12.2. The predicted molar refractivity (Wildman–Crippen MR) is 95.1 cm³/mol. The van der Waals surface area contributed by atoms with Crippen LogP contribution in [0, 0.1) is 0 Å². The first kappa shape index (κ1) is 16.1. The second-order valence-corrected chi connectivity index (χ2v) is 5.94. The van der Waals surface area contributed by atoms with Gasteiger partial charge in [-0.15, -0.1) is 0 Å². The Morgan fingerprint density at radius 1 is 1.19 bits per heavy atom. The number of carbonyl (C=O) groups excluding carboxylic acids is 1. The van der Waals surface area contributed by atoms with Crippen molar-refractivity contribution in [3.05, 3.63) is 60.4 Å². The maximum absolute atomic E-state index is 12.2. The zero-order valence-corrected chi connectivity index (χ0v) is 14.0. The normalized spacial score (nSPS) is 15.5. The minimum atomic E-state index is -0.161. The fourth-order valence-electron chi connectivity index (χ4n) is 2.74. The number of rotatable bonds is 5. The third-order valence-electron chi connectivity index (χ3n) is 4.12. The lowest BCUT2D eigenvalue weighted by atomic mass is 10.2. The van der Waals surface area contributed by atoms with Crippen molar-refractivity contribution in [3.63, 3.8) is 0 Å². The minimum absolute atomic E-state index is 0.0777. The number of fused-ring (bicyclic) bond motifs is 1. The summed E-state index contributed by atoms with van der Waals surface area (Å²) in [5, 5.41) is 9.62. The van der Waals surface area contributed by atoms with Gasteiger partial charge < -0.3 is 14.8 Å². The number of aromatic amines is 1. The summed E-state index contributed by atoms with van der Waals surface area (Å²) >= 11 is 0. The monoisotopic (exact) mass is 350 g/mol. The van der Waals surface area contributed by atoms with Gasteiger partial charge in [-0.25, -0.2) is 0 Å². The molecule has 2 aromatic heterocycles. The lowest BCUT2D eigenvalue weighted by molar-refractivity contribution is 0.0812. The first-order valence-electron chi connectivity index (χ1n) is 8.42. The van der Waals surface area contributed by atoms with Crippen molar-refractivity contribution < 1.29 is 14.3 Å². The van der Waals surface area contributed by atoms with Crippen LogP contribution in [0.5, 0.6) is 11.5 Å². The van der Waals surface area contributed by atoms with Crippen molar-refractivity contribution >= 4 is 5.91 Å². The maximum Gasteiger partial charge on any atom is 0.252 e. The van der Waals surface area contributed by atoms with Gasteiger partial charge in [-0.3, -0.25) is 14.9 Å². The van der Waals surface area contributed by atoms with E-state index in [2.05, 4.69) is 20.5 Å². The van der Waals surface area contributed by atoms with Gasteiger partial charge in [0.15, 0.2) is 11.5 Å². The molecule has 132 valence electrons. The Hall–Kier alpha value is -3.35. The van der Waals surface area contributed by atoms with E-state index in [9.17, 15) is 4.79 Å². The Kier molecular flexibility index (Phi) is 4.51. The van der Waals surface area contributed by atoms with Crippen LogP contribution in [-0.2, 0) is 0 Å². The largest absolute Gasteiger partial charge is 0.486 e. The highest BCUT2D eigenvalue weighted by molar-refractivity contribution is 5.94. The summed E-state index contributed by atoms with van der Waals surface area (Å²) in [5.74, 6) is 1.34. The van der Waals surface area contributed by atoms with Crippen LogP contribution >= 0.6 is 0 Å². The molecule has 26 heavy (non-hydrogen) atoms. The number of nitrogens with zero attached hydrogens (tertiary/aromatic N) is 2. The molecule has 0 saturated carbocycles. The number of hydrogen-bond acceptors (Lipinski definition) is 5. The topological polar surface area (TPSA) is 89.1 Å². The van der Waals surface area contributed by atoms with E-state index in [0.717, 1.165) is 22.9 Å². The third kappa shape index (κ3) is 3.51. The van der Waals surface area contributed by atoms with E-state index < -0.39 is 0 Å². The molecule has 0 bridgehead atoms. The number of benzene rings is 1. The number of pyridine rings is 1. The molecule has 1 atom stereocenters. The summed E-state index contributed by atoms with van der Waals surface area (Å²) in [6.07, 6.45) is 3.81. The second-order valence-electron chi connectivity index (χ2n) is 5.94. The van der Waals surface area contributed by atoms with Gasteiger partial charge in [0.25, 0.3) is 5.91 Å². The van der Waals surface area contributed by atoms with E-state index in [-0.39, 0.29) is 12.0 Å². The van der Waals surface area contributed by atoms with Crippen LogP contribution in [0.4, 0.5) is 0 Å². The fourth-order valence-corrected chi connectivity index (χ4v) is 2.74. The molecule has 7 heteroatoms. The van der Waals surface area contributed by atoms with Crippen LogP contribution in [0.25, 0.3) is 11.4 Å². The van der Waals surface area contributed by atoms with E-state index in [1.165, 1.54) is 0 Å². The summed E-state index contributed by atoms with van der Waals surface area (Å²) in [6, 6.07) is 12.9. The Morgan fingerprint density at radius 3 is 2.85 bits per heavy atom. The lowest BCUT2D eigenvalue weighted by Gasteiger charge is -2.26. The molecule has 2 N–H and O–H groups in total. The highest BCUT2D eigenvalue weighted by Crippen LogP contribution is 2.31. The van der Waals surface area contributed by atoms with E-state index in [1.807, 2.05) is 30.3 Å². The number of amides is 1. The molecule has 1 aliphatic rings. The summed E-state index contributed by atoms with van der Waals surface area (Å²) < 4.78 is 11.5. The molecule has 1 amide bonds. The molecule has 7 nitrogen and oxygen atoms in total. The van der Waals surface area contributed by atoms with Crippen LogP contribution in [0.1, 0.15) is 16.8 Å². The number of H-pyrrole nitrogens is 1. The zero-order valence-electron chi connectivity index (χ0n) is 14.0. The Bertz CT molecular complexity index is 878. The fraction of sp³-hybridized carbons (Fsp3) is 0.211. The van der Waals surface area contributed by atoms with Crippen molar-refractivity contribution in [2.45, 2.75) is 12.5 Å². The number of para-hydroxylation sites is 2. The lowest BCUT2D eigenvalue weighted by Crippen LogP contribution is -2.34. The predicted octanol–water partition coefficient (Wildman–Crippen LogP) is 2.43. The van der Waals surface area contributed by atoms with Gasteiger partial charge in [0.1, 0.15) is 12.7 Å². The summed E-state index contributed by atoms with van der Waals surface area (Å²) in [7, 11) is 0. The van der Waals surface area contributed by atoms with Crippen molar-refractivity contribution in [3.8, 4) is 22.9 Å². The van der Waals surface area contributed by atoms with Crippen LogP contribution in [0.15, 0.2) is 54.9 Å². The number of carbonyl (C=O) groups is 1. The number of hydrogen-bond donors (Lipinski definition) is 2. The highest BCUT2D eigenvalue weighted by Gasteiger charge is 2.20. The Labute approximate surface area is 150 Å². The Balaban J connectivity index is 1.28. The van der Waals surface area contributed by atoms with E-state index in [1.54, 1.807) is 24.5 Å². The van der Waals surface area contributed by atoms with E-state index in [4.69, 9.17) is 9.47 Å². The third-order valence-corrected chi connectivity index (χ3v) is 4.12. The number of aromatic nitrogens is 3. The van der Waals surface area contributed by atoms with Crippen molar-refractivity contribution in [1.82, 2.24) is 20.5 Å². The first-order chi connectivity index (χ1) is 12.8. The molecular weight excluding hydrogens is 332 g/mol. The first-order valence-corrected chi connectivity index (χ1v) is 8.42. The quantitative estimate of drug-likeness (QED) is 0.738. The average Bonchev–Trinajstić information content (AvgIpc) is 3.23. The SMILES string of the molecule is O=C(NCC[C@@H]1COc2ccccc2O1)c1ccc(-c2ccn[nH]2)nc1. The molecule has 0 fully saturated rings. The van der Waals surface area contributed by atoms with E-state index >= 15 is 0 Å². The molecule has 0 saturated heterocycles. The average molecular weight is 350 g/mol. The summed E-state index contributed by atoms with van der Waals surface area (Å²) in [5.41, 5.74) is 2.07. The summed E-state index contributed by atoms with van der Waals surface area (Å²) in [4.78, 5) is 16.5. The minimum Gasteiger partial charge on any atom is -0.486 e. The molecule has 0 spiro atoms. The van der Waals surface area contributed by atoms with E-state index in [0.29, 0.717) is 25.1 Å². The van der Waals surface area contributed by atoms with Gasteiger partial charge in [-0.05, 0) is 30.3 Å². The second kappa shape index (κ2) is 7.26. The molecule has 0 unspecified atom stereocenters. The standard InChI is InChI=1S/C19H18N4O3/c24-19(13-5-6-15(21-11-13)16-8-10-22-23-16)20-9-7-14-12-25-17-3-1-2-4-18(17)26-14/h1-6,8,10-11,14H,7,9,12H2,(H,20,24)(H,22,23)/t14-/m1/s1. The van der Waals surface area contributed by atoms with Crippen LogP contribution in [0.2, 0.25) is 0 Å². The van der Waals surface area contributed by atoms with Crippen molar-refractivity contribution in [1.29, 1.82) is 0 Å². The van der Waals surface area contributed by atoms with Crippen molar-refractivity contribution in [2.75, 3.05) is 13.2 Å². The number of nitrogens with one attached hydrogen (secondary N) is 2. The van der Waals surface area contributed by atoms with Crippen LogP contribution in [0.3, 0.4) is 0 Å². The van der Waals surface area contributed by atoms with Gasteiger partial charge in [0, 0.05) is 25.4 Å². The molecule has 3 aromatic rings. The van der Waals surface area contributed by atoms with Crippen molar-refractivity contribution in [2.24, 2.45) is 0 Å². The van der Waals surface area contributed by atoms with Gasteiger partial charge in [-0.2, -0.15) is 5.10 Å². The molecule has 1 aliphatic heterocycles. The molecule has 4 rings (SSSR count). The molecular formula is C19H18N4O3. The zero-order chi connectivity index (χ0) is 17.8. The molecule has 0 aliphatic carbocycles. The molecule has 3 heterocycles. The van der Waals surface area contributed by atoms with Gasteiger partial charge >= 0.3 is 0 Å². The Morgan fingerprint density at radius 2 is 2.08 bits per heavy atom. The van der Waals surface area contributed by atoms with Gasteiger partial charge in [0.05, 0.1) is 17.0 Å². The highest BCUT2D eigenvalue weighted by atomic mass is 16.6. The van der Waals surface area contributed by atoms with Gasteiger partial charge in [0.2, 0.25) is 0 Å².